The maximum absolute atomic E-state index is 11.3. The van der Waals surface area contributed by atoms with Crippen molar-refractivity contribution in [1.82, 2.24) is 15.0 Å². The lowest BCUT2D eigenvalue weighted by atomic mass is 10.3. The van der Waals surface area contributed by atoms with Gasteiger partial charge in [0, 0.05) is 18.0 Å². The van der Waals surface area contributed by atoms with Crippen LogP contribution in [-0.4, -0.2) is 15.0 Å². The first-order valence-corrected chi connectivity index (χ1v) is 3.57. The Kier molecular flexibility index (Phi) is 1.40. The largest absolute Gasteiger partial charge is 0.343 e. The van der Waals surface area contributed by atoms with E-state index >= 15 is 0 Å². The van der Waals surface area contributed by atoms with E-state index in [1.54, 1.807) is 0 Å². The van der Waals surface area contributed by atoms with Crippen LogP contribution >= 0.6 is 0 Å². The average Bonchev–Trinajstić information content (AvgIpc) is 2.04. The van der Waals surface area contributed by atoms with Gasteiger partial charge in [-0.25, -0.2) is 9.97 Å². The summed E-state index contributed by atoms with van der Waals surface area (Å²) in [4.78, 5) is 22.0. The van der Waals surface area contributed by atoms with E-state index in [0.717, 1.165) is 5.69 Å². The van der Waals surface area contributed by atoms with Crippen LogP contribution in [0.25, 0.3) is 11.0 Å². The van der Waals surface area contributed by atoms with Crippen LogP contribution in [0.3, 0.4) is 0 Å². The molecule has 0 fully saturated rings. The normalized spacial score (nSPS) is 10.4. The number of nitrogens with one attached hydrogen (secondary N) is 1. The minimum atomic E-state index is -0.0400. The van der Waals surface area contributed by atoms with Crippen LogP contribution < -0.4 is 5.43 Å². The smallest absolute Gasteiger partial charge is 0.192 e. The molecule has 0 aliphatic carbocycles. The summed E-state index contributed by atoms with van der Waals surface area (Å²) in [6.07, 6.45) is 2.93. The zero-order valence-electron chi connectivity index (χ0n) is 6.53. The number of aromatic nitrogens is 3. The van der Waals surface area contributed by atoms with E-state index in [1.165, 1.54) is 18.6 Å². The molecule has 12 heavy (non-hydrogen) atoms. The summed E-state index contributed by atoms with van der Waals surface area (Å²) >= 11 is 0. The predicted octanol–water partition coefficient (Wildman–Crippen LogP) is 0.627. The highest BCUT2D eigenvalue weighted by molar-refractivity contribution is 5.72. The van der Waals surface area contributed by atoms with Gasteiger partial charge in [0.1, 0.15) is 12.0 Å². The second-order valence-electron chi connectivity index (χ2n) is 2.60. The fourth-order valence-electron chi connectivity index (χ4n) is 1.11. The molecule has 0 amide bonds. The first-order chi connectivity index (χ1) is 5.77. The van der Waals surface area contributed by atoms with Gasteiger partial charge in [-0.2, -0.15) is 0 Å². The Balaban J connectivity index is 2.99. The van der Waals surface area contributed by atoms with E-state index in [-0.39, 0.29) is 5.43 Å². The highest BCUT2D eigenvalue weighted by Crippen LogP contribution is 2.00. The number of hydrogen-bond acceptors (Lipinski definition) is 3. The topological polar surface area (TPSA) is 58.6 Å². The van der Waals surface area contributed by atoms with Crippen molar-refractivity contribution >= 4 is 11.0 Å². The van der Waals surface area contributed by atoms with Crippen molar-refractivity contribution in [2.75, 3.05) is 0 Å². The van der Waals surface area contributed by atoms with Crippen molar-refractivity contribution in [2.24, 2.45) is 0 Å². The molecule has 2 heterocycles. The van der Waals surface area contributed by atoms with Gasteiger partial charge in [0.2, 0.25) is 0 Å². The molecule has 2 aromatic rings. The van der Waals surface area contributed by atoms with Crippen LogP contribution in [0.2, 0.25) is 0 Å². The molecule has 2 aromatic heterocycles. The van der Waals surface area contributed by atoms with Gasteiger partial charge in [-0.1, -0.05) is 0 Å². The molecule has 0 radical (unpaired) electrons. The Morgan fingerprint density at radius 2 is 2.33 bits per heavy atom. The number of H-pyrrole nitrogens is 1. The van der Waals surface area contributed by atoms with Gasteiger partial charge in [-0.05, 0) is 6.92 Å². The molecule has 0 unspecified atom stereocenters. The number of fused-ring (bicyclic) bond motifs is 1. The van der Waals surface area contributed by atoms with Crippen molar-refractivity contribution in [1.29, 1.82) is 0 Å². The molecular weight excluding hydrogens is 154 g/mol. The summed E-state index contributed by atoms with van der Waals surface area (Å²) in [6, 6.07) is 1.53. The summed E-state index contributed by atoms with van der Waals surface area (Å²) in [7, 11) is 0. The van der Waals surface area contributed by atoms with Crippen molar-refractivity contribution in [3.05, 3.63) is 34.5 Å². The summed E-state index contributed by atoms with van der Waals surface area (Å²) in [5.74, 6) is 0. The molecule has 0 saturated carbocycles. The Hall–Kier alpha value is -1.71. The fraction of sp³-hybridized carbons (Fsp3) is 0.125. The maximum Gasteiger partial charge on any atom is 0.192 e. The van der Waals surface area contributed by atoms with E-state index in [4.69, 9.17) is 0 Å². The third-order valence-corrected chi connectivity index (χ3v) is 1.64. The number of aromatic amines is 1. The van der Waals surface area contributed by atoms with Crippen molar-refractivity contribution in [2.45, 2.75) is 6.92 Å². The summed E-state index contributed by atoms with van der Waals surface area (Å²) in [5.41, 5.74) is 1.36. The monoisotopic (exact) mass is 161 g/mol. The van der Waals surface area contributed by atoms with Gasteiger partial charge in [-0.15, -0.1) is 0 Å². The molecule has 0 aliphatic heterocycles. The lowest BCUT2D eigenvalue weighted by molar-refractivity contribution is 1.14. The van der Waals surface area contributed by atoms with Gasteiger partial charge in [-0.3, -0.25) is 4.79 Å². The van der Waals surface area contributed by atoms with Gasteiger partial charge in [0.05, 0.1) is 5.39 Å². The van der Waals surface area contributed by atoms with Crippen LogP contribution in [0.1, 0.15) is 5.69 Å². The number of nitrogens with zero attached hydrogens (tertiary/aromatic N) is 2. The van der Waals surface area contributed by atoms with Gasteiger partial charge in [0.25, 0.3) is 0 Å². The Bertz CT molecular complexity index is 475. The SMILES string of the molecule is Cc1cc(=O)c2cncnc2[nH]1. The van der Waals surface area contributed by atoms with Gasteiger partial charge >= 0.3 is 0 Å². The Morgan fingerprint density at radius 3 is 3.17 bits per heavy atom. The molecule has 0 spiro atoms. The summed E-state index contributed by atoms with van der Waals surface area (Å²) in [5, 5.41) is 0.531. The molecule has 2 rings (SSSR count). The fourth-order valence-corrected chi connectivity index (χ4v) is 1.11. The average molecular weight is 161 g/mol. The highest BCUT2D eigenvalue weighted by atomic mass is 16.1. The molecule has 0 bridgehead atoms. The van der Waals surface area contributed by atoms with E-state index in [0.29, 0.717) is 11.0 Å². The second-order valence-corrected chi connectivity index (χ2v) is 2.60. The van der Waals surface area contributed by atoms with Crippen LogP contribution in [0.15, 0.2) is 23.4 Å². The van der Waals surface area contributed by atoms with E-state index in [9.17, 15) is 4.79 Å². The predicted molar refractivity (Wildman–Crippen MR) is 44.9 cm³/mol. The van der Waals surface area contributed by atoms with E-state index in [1.807, 2.05) is 6.92 Å². The molecule has 60 valence electrons. The highest BCUT2D eigenvalue weighted by Gasteiger charge is 1.98. The molecule has 0 saturated heterocycles. The molecule has 4 heteroatoms. The number of pyridine rings is 1. The Labute approximate surface area is 68.3 Å². The van der Waals surface area contributed by atoms with Crippen LogP contribution in [0, 0.1) is 6.92 Å². The molecule has 0 aromatic carbocycles. The van der Waals surface area contributed by atoms with Gasteiger partial charge in [0.15, 0.2) is 5.43 Å². The van der Waals surface area contributed by atoms with E-state index in [2.05, 4.69) is 15.0 Å². The molecular formula is C8H7N3O. The Morgan fingerprint density at radius 1 is 1.50 bits per heavy atom. The van der Waals surface area contributed by atoms with Crippen LogP contribution in [0.4, 0.5) is 0 Å². The first kappa shape index (κ1) is 6.97. The minimum absolute atomic E-state index is 0.0400. The third kappa shape index (κ3) is 0.972. The summed E-state index contributed by atoms with van der Waals surface area (Å²) in [6.45, 7) is 1.82. The van der Waals surface area contributed by atoms with Crippen molar-refractivity contribution in [3.63, 3.8) is 0 Å². The van der Waals surface area contributed by atoms with Crippen LogP contribution in [-0.2, 0) is 0 Å². The van der Waals surface area contributed by atoms with Crippen molar-refractivity contribution in [3.8, 4) is 0 Å². The van der Waals surface area contributed by atoms with Crippen LogP contribution in [0.5, 0.6) is 0 Å². The number of hydrogen-bond donors (Lipinski definition) is 1. The molecule has 4 nitrogen and oxygen atoms in total. The second kappa shape index (κ2) is 2.41. The van der Waals surface area contributed by atoms with Crippen molar-refractivity contribution < 1.29 is 0 Å². The number of aryl methyl sites for hydroxylation is 1. The first-order valence-electron chi connectivity index (χ1n) is 3.57. The lowest BCUT2D eigenvalue weighted by Gasteiger charge is -1.96. The third-order valence-electron chi connectivity index (χ3n) is 1.64. The number of rotatable bonds is 0. The molecule has 1 N–H and O–H groups in total. The zero-order valence-corrected chi connectivity index (χ0v) is 6.53. The van der Waals surface area contributed by atoms with Gasteiger partial charge < -0.3 is 4.98 Å². The molecule has 0 atom stereocenters. The molecule has 0 aliphatic rings. The zero-order chi connectivity index (χ0) is 8.55. The quantitative estimate of drug-likeness (QED) is 0.616. The maximum atomic E-state index is 11.3. The van der Waals surface area contributed by atoms with E-state index < -0.39 is 0 Å². The minimum Gasteiger partial charge on any atom is -0.343 e. The summed E-state index contributed by atoms with van der Waals surface area (Å²) < 4.78 is 0. The standard InChI is InChI=1S/C8H7N3O/c1-5-2-7(12)6-3-9-4-10-8(6)11-5/h2-4H,1H3,(H,9,10,11,12). The lowest BCUT2D eigenvalue weighted by Crippen LogP contribution is -2.04.